The van der Waals surface area contributed by atoms with Crippen LogP contribution in [0.2, 0.25) is 5.15 Å². The van der Waals surface area contributed by atoms with Gasteiger partial charge in [-0.3, -0.25) is 0 Å². The Labute approximate surface area is 155 Å². The summed E-state index contributed by atoms with van der Waals surface area (Å²) < 4.78 is 38.3. The van der Waals surface area contributed by atoms with Gasteiger partial charge >= 0.3 is 6.18 Å². The third-order valence-electron chi connectivity index (χ3n) is 4.69. The summed E-state index contributed by atoms with van der Waals surface area (Å²) in [5, 5.41) is 5.72. The molecule has 1 aliphatic heterocycles. The predicted molar refractivity (Wildman–Crippen MR) is 96.1 cm³/mol. The summed E-state index contributed by atoms with van der Waals surface area (Å²) in [6.07, 6.45) is -1.67. The van der Waals surface area contributed by atoms with Crippen LogP contribution in [0.15, 0.2) is 18.3 Å². The average molecular weight is 385 g/mol. The number of hydrogen-bond acceptors (Lipinski definition) is 4. The molecule has 0 unspecified atom stereocenters. The number of aryl methyl sites for hydroxylation is 2. The zero-order valence-corrected chi connectivity index (χ0v) is 15.3. The number of alkyl halides is 3. The van der Waals surface area contributed by atoms with Crippen LogP contribution in [0, 0.1) is 13.8 Å². The molecule has 2 N–H and O–H groups in total. The highest BCUT2D eigenvalue weighted by Crippen LogP contribution is 2.35. The predicted octanol–water partition coefficient (Wildman–Crippen LogP) is 4.98. The van der Waals surface area contributed by atoms with Crippen molar-refractivity contribution < 1.29 is 13.2 Å². The van der Waals surface area contributed by atoms with Crippen molar-refractivity contribution in [3.63, 3.8) is 0 Å². The maximum Gasteiger partial charge on any atom is 0.420 e. The summed E-state index contributed by atoms with van der Waals surface area (Å²) in [7, 11) is 0. The van der Waals surface area contributed by atoms with Gasteiger partial charge in [0.25, 0.3) is 0 Å². The van der Waals surface area contributed by atoms with Crippen LogP contribution in [0.1, 0.15) is 41.0 Å². The first kappa shape index (κ1) is 18.9. The number of halogens is 4. The molecular weight excluding hydrogens is 365 g/mol. The van der Waals surface area contributed by atoms with Gasteiger partial charge in [-0.2, -0.15) is 13.2 Å². The van der Waals surface area contributed by atoms with Crippen LogP contribution in [0.25, 0.3) is 0 Å². The van der Waals surface area contributed by atoms with Crippen molar-refractivity contribution in [2.24, 2.45) is 0 Å². The third-order valence-corrected chi connectivity index (χ3v) is 4.97. The Balaban J connectivity index is 1.84. The van der Waals surface area contributed by atoms with Crippen molar-refractivity contribution in [2.45, 2.75) is 38.8 Å². The second-order valence-electron chi connectivity index (χ2n) is 6.57. The summed E-state index contributed by atoms with van der Waals surface area (Å²) >= 11 is 5.66. The lowest BCUT2D eigenvalue weighted by atomic mass is 9.86. The number of benzene rings is 1. The van der Waals surface area contributed by atoms with Crippen LogP contribution in [-0.2, 0) is 6.18 Å². The second kappa shape index (κ2) is 7.40. The van der Waals surface area contributed by atoms with Gasteiger partial charge in [0.1, 0.15) is 10.7 Å². The molecule has 0 saturated carbocycles. The first-order valence-corrected chi connectivity index (χ1v) is 8.82. The maximum atomic E-state index is 12.8. The Morgan fingerprint density at radius 1 is 1.15 bits per heavy atom. The van der Waals surface area contributed by atoms with E-state index in [0.29, 0.717) is 12.1 Å². The molecular formula is C18H20ClF3N4. The summed E-state index contributed by atoms with van der Waals surface area (Å²) in [4.78, 5) is 7.48. The molecule has 1 fully saturated rings. The van der Waals surface area contributed by atoms with E-state index in [1.165, 1.54) is 5.56 Å². The van der Waals surface area contributed by atoms with Crippen LogP contribution in [0.3, 0.4) is 0 Å². The summed E-state index contributed by atoms with van der Waals surface area (Å²) in [5.41, 5.74) is 3.17. The molecule has 0 bridgehead atoms. The molecule has 8 heteroatoms. The van der Waals surface area contributed by atoms with E-state index in [2.05, 4.69) is 26.7 Å². The molecule has 2 aromatic rings. The molecule has 0 radical (unpaired) electrons. The van der Waals surface area contributed by atoms with Gasteiger partial charge in [0, 0.05) is 11.9 Å². The lowest BCUT2D eigenvalue weighted by Crippen LogP contribution is -2.27. The lowest BCUT2D eigenvalue weighted by molar-refractivity contribution is -0.137. The molecule has 26 heavy (non-hydrogen) atoms. The molecule has 0 aliphatic carbocycles. The fourth-order valence-electron chi connectivity index (χ4n) is 3.28. The largest absolute Gasteiger partial charge is 0.420 e. The molecule has 140 valence electrons. The highest BCUT2D eigenvalue weighted by Gasteiger charge is 2.34. The Kier molecular flexibility index (Phi) is 5.39. The zero-order valence-electron chi connectivity index (χ0n) is 14.5. The monoisotopic (exact) mass is 384 g/mol. The molecule has 0 spiro atoms. The number of nitrogens with zero attached hydrogens (tertiary/aromatic N) is 2. The van der Waals surface area contributed by atoms with Crippen molar-refractivity contribution in [3.8, 4) is 0 Å². The number of rotatable bonds is 3. The first-order valence-electron chi connectivity index (χ1n) is 8.44. The van der Waals surface area contributed by atoms with Gasteiger partial charge in [0.05, 0.1) is 0 Å². The van der Waals surface area contributed by atoms with E-state index in [1.807, 2.05) is 19.9 Å². The van der Waals surface area contributed by atoms with E-state index in [4.69, 9.17) is 11.6 Å². The minimum absolute atomic E-state index is 0.0418. The SMILES string of the molecule is Cc1cc(C2CCNCC2)c(C)cc1Nc1ncc(C(F)(F)F)c(Cl)n1. The number of piperidine rings is 1. The minimum Gasteiger partial charge on any atom is -0.324 e. The van der Waals surface area contributed by atoms with E-state index in [0.717, 1.165) is 42.7 Å². The van der Waals surface area contributed by atoms with Crippen molar-refractivity contribution in [2.75, 3.05) is 18.4 Å². The van der Waals surface area contributed by atoms with Gasteiger partial charge < -0.3 is 10.6 Å². The molecule has 1 aliphatic rings. The highest BCUT2D eigenvalue weighted by molar-refractivity contribution is 6.30. The van der Waals surface area contributed by atoms with Crippen LogP contribution < -0.4 is 10.6 Å². The van der Waals surface area contributed by atoms with Crippen molar-refractivity contribution in [1.29, 1.82) is 0 Å². The van der Waals surface area contributed by atoms with Gasteiger partial charge in [-0.25, -0.2) is 9.97 Å². The smallest absolute Gasteiger partial charge is 0.324 e. The van der Waals surface area contributed by atoms with Crippen LogP contribution in [0.4, 0.5) is 24.8 Å². The third kappa shape index (κ3) is 4.10. The van der Waals surface area contributed by atoms with Crippen molar-refractivity contribution >= 4 is 23.2 Å². The van der Waals surface area contributed by atoms with E-state index in [9.17, 15) is 13.2 Å². The van der Waals surface area contributed by atoms with E-state index in [-0.39, 0.29) is 5.95 Å². The molecule has 1 aromatic carbocycles. The molecule has 0 atom stereocenters. The van der Waals surface area contributed by atoms with Crippen molar-refractivity contribution in [3.05, 3.63) is 45.7 Å². The molecule has 1 aromatic heterocycles. The first-order chi connectivity index (χ1) is 12.3. The summed E-state index contributed by atoms with van der Waals surface area (Å²) in [5.74, 6) is 0.570. The topological polar surface area (TPSA) is 49.8 Å². The quantitative estimate of drug-likeness (QED) is 0.733. The fraction of sp³-hybridized carbons (Fsp3) is 0.444. The van der Waals surface area contributed by atoms with Crippen LogP contribution >= 0.6 is 11.6 Å². The second-order valence-corrected chi connectivity index (χ2v) is 6.93. The lowest BCUT2D eigenvalue weighted by Gasteiger charge is -2.25. The van der Waals surface area contributed by atoms with Crippen LogP contribution in [-0.4, -0.2) is 23.1 Å². The van der Waals surface area contributed by atoms with E-state index in [1.54, 1.807) is 0 Å². The fourth-order valence-corrected chi connectivity index (χ4v) is 3.51. The number of aromatic nitrogens is 2. The molecule has 1 saturated heterocycles. The molecule has 3 rings (SSSR count). The normalized spacial score (nSPS) is 15.9. The molecule has 0 amide bonds. The Hall–Kier alpha value is -1.86. The summed E-state index contributed by atoms with van der Waals surface area (Å²) in [6.45, 7) is 6.03. The standard InChI is InChI=1S/C18H20ClF3N4/c1-10-8-15(11(2)7-13(10)12-3-5-23-6-4-12)25-17-24-9-14(16(19)26-17)18(20,21)22/h7-9,12,23H,3-6H2,1-2H3,(H,24,25,26). The maximum absolute atomic E-state index is 12.8. The molecule has 4 nitrogen and oxygen atoms in total. The number of nitrogens with one attached hydrogen (secondary N) is 2. The Bertz CT molecular complexity index is 802. The molecule has 2 heterocycles. The van der Waals surface area contributed by atoms with E-state index >= 15 is 0 Å². The van der Waals surface area contributed by atoms with Gasteiger partial charge in [-0.1, -0.05) is 17.7 Å². The van der Waals surface area contributed by atoms with Gasteiger partial charge in [0.15, 0.2) is 0 Å². The minimum atomic E-state index is -4.57. The Morgan fingerprint density at radius 3 is 2.46 bits per heavy atom. The summed E-state index contributed by atoms with van der Waals surface area (Å²) in [6, 6.07) is 4.13. The number of anilines is 2. The zero-order chi connectivity index (χ0) is 18.9. The van der Waals surface area contributed by atoms with Gasteiger partial charge in [-0.15, -0.1) is 0 Å². The van der Waals surface area contributed by atoms with Crippen molar-refractivity contribution in [1.82, 2.24) is 15.3 Å². The van der Waals surface area contributed by atoms with Gasteiger partial charge in [-0.05, 0) is 68.5 Å². The van der Waals surface area contributed by atoms with Crippen LogP contribution in [0.5, 0.6) is 0 Å². The highest BCUT2D eigenvalue weighted by atomic mass is 35.5. The van der Waals surface area contributed by atoms with Gasteiger partial charge in [0.2, 0.25) is 5.95 Å². The Morgan fingerprint density at radius 2 is 1.85 bits per heavy atom. The van der Waals surface area contributed by atoms with E-state index < -0.39 is 16.9 Å². The number of hydrogen-bond donors (Lipinski definition) is 2. The average Bonchev–Trinajstić information content (AvgIpc) is 2.57.